The number of fused-ring (bicyclic) bond motifs is 1. The highest BCUT2D eigenvalue weighted by molar-refractivity contribution is 6.04. The summed E-state index contributed by atoms with van der Waals surface area (Å²) in [7, 11) is 1.19. The maximum Gasteiger partial charge on any atom is 0.345 e. The molecule has 1 heterocycles. The number of benzene rings is 2. The van der Waals surface area contributed by atoms with Gasteiger partial charge in [0.2, 0.25) is 0 Å². The van der Waals surface area contributed by atoms with Crippen LogP contribution in [0.15, 0.2) is 47.3 Å². The molecule has 2 aromatic carbocycles. The maximum absolute atomic E-state index is 13.0. The Labute approximate surface area is 143 Å². The molecule has 0 unspecified atom stereocenters. The lowest BCUT2D eigenvalue weighted by atomic mass is 10.1. The average Bonchev–Trinajstić information content (AvgIpc) is 2.62. The predicted octanol–water partition coefficient (Wildman–Crippen LogP) is 1.92. The number of hydrogen-bond acceptors (Lipinski definition) is 5. The second-order valence-electron chi connectivity index (χ2n) is 5.39. The highest BCUT2D eigenvalue weighted by atomic mass is 16.5. The van der Waals surface area contributed by atoms with E-state index in [-0.39, 0.29) is 11.3 Å². The summed E-state index contributed by atoms with van der Waals surface area (Å²) in [6, 6.07) is 11.7. The van der Waals surface area contributed by atoms with E-state index >= 15 is 0 Å². The number of aromatic nitrogens is 1. The molecular formula is C19H15N3O3. The molecule has 0 fully saturated rings. The fraction of sp³-hybridized carbons (Fsp3) is 0.0526. The molecule has 124 valence electrons. The molecule has 0 radical (unpaired) electrons. The molecule has 6 nitrogen and oxygen atoms in total. The van der Waals surface area contributed by atoms with Crippen molar-refractivity contribution in [3.05, 3.63) is 63.9 Å². The Bertz CT molecular complexity index is 1090. The normalized spacial score (nSPS) is 10.4. The number of ether oxygens (including phenoxy) is 1. The summed E-state index contributed by atoms with van der Waals surface area (Å²) in [6.45, 7) is 0. The van der Waals surface area contributed by atoms with Crippen LogP contribution in [-0.2, 0) is 4.74 Å². The van der Waals surface area contributed by atoms with Gasteiger partial charge in [0.05, 0.1) is 18.3 Å². The number of terminal acetylenes is 1. The van der Waals surface area contributed by atoms with Gasteiger partial charge in [-0.05, 0) is 42.5 Å². The summed E-state index contributed by atoms with van der Waals surface area (Å²) in [5.41, 5.74) is 13.2. The smallest absolute Gasteiger partial charge is 0.345 e. The van der Waals surface area contributed by atoms with E-state index in [1.54, 1.807) is 42.5 Å². The lowest BCUT2D eigenvalue weighted by Crippen LogP contribution is -2.28. The number of methoxy groups -OCH3 is 1. The molecule has 0 aliphatic heterocycles. The Balaban J connectivity index is 2.51. The third-order valence-corrected chi connectivity index (χ3v) is 3.92. The molecule has 6 heteroatoms. The van der Waals surface area contributed by atoms with Crippen molar-refractivity contribution in [2.24, 2.45) is 0 Å². The number of esters is 1. The van der Waals surface area contributed by atoms with E-state index in [1.807, 2.05) is 0 Å². The van der Waals surface area contributed by atoms with E-state index in [0.717, 1.165) is 0 Å². The fourth-order valence-electron chi connectivity index (χ4n) is 2.68. The highest BCUT2D eigenvalue weighted by Crippen LogP contribution is 2.26. The van der Waals surface area contributed by atoms with Crippen molar-refractivity contribution in [3.8, 4) is 18.0 Å². The van der Waals surface area contributed by atoms with Crippen LogP contribution in [0.2, 0.25) is 0 Å². The zero-order valence-corrected chi connectivity index (χ0v) is 13.4. The van der Waals surface area contributed by atoms with Crippen molar-refractivity contribution < 1.29 is 9.53 Å². The quantitative estimate of drug-likeness (QED) is 0.424. The van der Waals surface area contributed by atoms with Crippen LogP contribution in [0.1, 0.15) is 15.9 Å². The number of carbonyl (C=O) groups excluding carboxylic acids is 1. The van der Waals surface area contributed by atoms with Crippen molar-refractivity contribution in [1.82, 2.24) is 4.57 Å². The summed E-state index contributed by atoms with van der Waals surface area (Å²) in [6.07, 6.45) is 5.47. The van der Waals surface area contributed by atoms with Gasteiger partial charge < -0.3 is 16.2 Å². The van der Waals surface area contributed by atoms with Gasteiger partial charge in [-0.15, -0.1) is 6.42 Å². The predicted molar refractivity (Wildman–Crippen MR) is 97.6 cm³/mol. The first-order valence-corrected chi connectivity index (χ1v) is 7.37. The second kappa shape index (κ2) is 6.06. The zero-order valence-electron chi connectivity index (χ0n) is 13.4. The molecule has 25 heavy (non-hydrogen) atoms. The molecule has 0 spiro atoms. The third kappa shape index (κ3) is 2.58. The Hall–Kier alpha value is -3.72. The number of hydrogen-bond donors (Lipinski definition) is 2. The van der Waals surface area contributed by atoms with Crippen molar-refractivity contribution in [2.75, 3.05) is 18.6 Å². The fourth-order valence-corrected chi connectivity index (χ4v) is 2.68. The van der Waals surface area contributed by atoms with E-state index in [0.29, 0.717) is 27.8 Å². The highest BCUT2D eigenvalue weighted by Gasteiger charge is 2.22. The van der Waals surface area contributed by atoms with E-state index < -0.39 is 11.5 Å². The second-order valence-corrected chi connectivity index (χ2v) is 5.39. The van der Waals surface area contributed by atoms with Gasteiger partial charge in [0.15, 0.2) is 0 Å². The summed E-state index contributed by atoms with van der Waals surface area (Å²) in [5, 5.41) is 0.524. The van der Waals surface area contributed by atoms with Gasteiger partial charge in [-0.2, -0.15) is 0 Å². The van der Waals surface area contributed by atoms with Gasteiger partial charge >= 0.3 is 5.97 Å². The third-order valence-electron chi connectivity index (χ3n) is 3.92. The molecule has 0 aliphatic rings. The van der Waals surface area contributed by atoms with Crippen LogP contribution >= 0.6 is 0 Å². The van der Waals surface area contributed by atoms with Crippen molar-refractivity contribution >= 4 is 28.2 Å². The Morgan fingerprint density at radius 2 is 1.84 bits per heavy atom. The van der Waals surface area contributed by atoms with Gasteiger partial charge in [-0.25, -0.2) is 4.79 Å². The first-order chi connectivity index (χ1) is 12.0. The number of carbonyl (C=O) groups is 1. The monoisotopic (exact) mass is 333 g/mol. The molecule has 0 bridgehead atoms. The van der Waals surface area contributed by atoms with Crippen LogP contribution < -0.4 is 17.0 Å². The van der Waals surface area contributed by atoms with Gasteiger partial charge in [-0.1, -0.05) is 5.92 Å². The number of nitrogens with two attached hydrogens (primary N) is 2. The molecule has 1 aromatic heterocycles. The minimum absolute atomic E-state index is 0.0575. The van der Waals surface area contributed by atoms with E-state index in [1.165, 1.54) is 11.7 Å². The first kappa shape index (κ1) is 16.1. The summed E-state index contributed by atoms with van der Waals surface area (Å²) in [5.74, 6) is 1.73. The van der Waals surface area contributed by atoms with Crippen LogP contribution in [0, 0.1) is 12.3 Å². The average molecular weight is 333 g/mol. The first-order valence-electron chi connectivity index (χ1n) is 7.37. The summed E-state index contributed by atoms with van der Waals surface area (Å²) >= 11 is 0. The number of nitrogens with zero attached hydrogens (tertiary/aromatic N) is 1. The molecule has 0 amide bonds. The summed E-state index contributed by atoms with van der Waals surface area (Å²) in [4.78, 5) is 25.1. The summed E-state index contributed by atoms with van der Waals surface area (Å²) < 4.78 is 6.09. The largest absolute Gasteiger partial charge is 0.465 e. The number of nitrogen functional groups attached to an aromatic ring is 2. The molecule has 3 rings (SSSR count). The number of pyridine rings is 1. The molecule has 0 saturated carbocycles. The topological polar surface area (TPSA) is 100 Å². The van der Waals surface area contributed by atoms with Gasteiger partial charge in [0, 0.05) is 22.3 Å². The van der Waals surface area contributed by atoms with E-state index in [2.05, 4.69) is 5.92 Å². The van der Waals surface area contributed by atoms with E-state index in [9.17, 15) is 9.59 Å². The van der Waals surface area contributed by atoms with Crippen LogP contribution in [0.4, 0.5) is 11.4 Å². The van der Waals surface area contributed by atoms with Crippen LogP contribution in [-0.4, -0.2) is 17.6 Å². The number of rotatable bonds is 2. The van der Waals surface area contributed by atoms with Gasteiger partial charge in [0.1, 0.15) is 5.56 Å². The van der Waals surface area contributed by atoms with Crippen molar-refractivity contribution in [3.63, 3.8) is 0 Å². The Morgan fingerprint density at radius 1 is 1.16 bits per heavy atom. The molecule has 3 aromatic rings. The van der Waals surface area contributed by atoms with Gasteiger partial charge in [-0.3, -0.25) is 9.36 Å². The molecular weight excluding hydrogens is 318 g/mol. The zero-order chi connectivity index (χ0) is 18.1. The van der Waals surface area contributed by atoms with Gasteiger partial charge in [0.25, 0.3) is 5.56 Å². The van der Waals surface area contributed by atoms with Crippen molar-refractivity contribution in [2.45, 2.75) is 0 Å². The lowest BCUT2D eigenvalue weighted by molar-refractivity contribution is 0.0600. The van der Waals surface area contributed by atoms with E-state index in [4.69, 9.17) is 22.6 Å². The number of anilines is 2. The Kier molecular flexibility index (Phi) is 3.91. The van der Waals surface area contributed by atoms with Crippen molar-refractivity contribution in [1.29, 1.82) is 0 Å². The molecule has 0 saturated heterocycles. The minimum atomic E-state index is -0.797. The molecule has 4 N–H and O–H groups in total. The standard InChI is InChI=1S/C19H15N3O3/c1-3-11-4-9-14-15(10-11)22(13-7-5-12(20)6-8-13)18(23)16(17(14)21)19(24)25-2/h1,4-10H,20-21H2,2H3. The van der Waals surface area contributed by atoms with Crippen LogP contribution in [0.5, 0.6) is 0 Å². The molecule has 0 atom stereocenters. The molecule has 0 aliphatic carbocycles. The van der Waals surface area contributed by atoms with Crippen LogP contribution in [0.3, 0.4) is 0 Å². The lowest BCUT2D eigenvalue weighted by Gasteiger charge is -2.15. The minimum Gasteiger partial charge on any atom is -0.465 e. The maximum atomic E-state index is 13.0. The Morgan fingerprint density at radius 3 is 2.44 bits per heavy atom. The van der Waals surface area contributed by atoms with Crippen LogP contribution in [0.25, 0.3) is 16.6 Å². The SMILES string of the molecule is C#Cc1ccc2c(N)c(C(=O)OC)c(=O)n(-c3ccc(N)cc3)c2c1.